The Balaban J connectivity index is 2.17. The summed E-state index contributed by atoms with van der Waals surface area (Å²) in [4.78, 5) is 11.4. The minimum absolute atomic E-state index is 0.154. The molecule has 0 aromatic heterocycles. The van der Waals surface area contributed by atoms with Crippen molar-refractivity contribution in [2.75, 3.05) is 19.8 Å². The summed E-state index contributed by atoms with van der Waals surface area (Å²) in [7, 11) is 0. The molecule has 0 amide bonds. The maximum atomic E-state index is 11.4. The lowest BCUT2D eigenvalue weighted by Crippen LogP contribution is -2.35. The molecule has 1 atom stereocenters. The zero-order chi connectivity index (χ0) is 9.52. The lowest BCUT2D eigenvalue weighted by atomic mass is 10.1. The third kappa shape index (κ3) is 3.70. The molecule has 1 unspecified atom stereocenters. The second kappa shape index (κ2) is 5.89. The van der Waals surface area contributed by atoms with Gasteiger partial charge in [0.1, 0.15) is 6.10 Å². The summed E-state index contributed by atoms with van der Waals surface area (Å²) >= 11 is 0. The van der Waals surface area contributed by atoms with Crippen molar-refractivity contribution in [3.63, 3.8) is 0 Å². The molecule has 0 spiro atoms. The Labute approximate surface area is 78.7 Å². The molecule has 0 saturated carbocycles. The normalized spacial score (nSPS) is 22.6. The number of Topliss-reactive ketones (excluding diaryl/α,β-unsaturated/α-hetero) is 1. The van der Waals surface area contributed by atoms with Crippen LogP contribution in [0.1, 0.15) is 19.3 Å². The number of unbranched alkanes of at least 4 members (excludes halogenated alkanes) is 1. The molecule has 0 aliphatic carbocycles. The molecule has 3 heteroatoms. The number of hydrogen-bond donors (Lipinski definition) is 0. The van der Waals surface area contributed by atoms with E-state index in [-0.39, 0.29) is 11.9 Å². The zero-order valence-corrected chi connectivity index (χ0v) is 7.83. The highest BCUT2D eigenvalue weighted by Crippen LogP contribution is 2.07. The van der Waals surface area contributed by atoms with Gasteiger partial charge in [-0.25, -0.2) is 0 Å². The van der Waals surface area contributed by atoms with Crippen molar-refractivity contribution in [3.8, 4) is 0 Å². The smallest absolute Gasteiger partial charge is 0.163 e. The average molecular weight is 184 g/mol. The fraction of sp³-hybridized carbons (Fsp3) is 0.700. The van der Waals surface area contributed by atoms with Gasteiger partial charge in [0.05, 0.1) is 19.8 Å². The second-order valence-corrected chi connectivity index (χ2v) is 3.08. The van der Waals surface area contributed by atoms with Crippen LogP contribution < -0.4 is 0 Å². The van der Waals surface area contributed by atoms with E-state index in [4.69, 9.17) is 9.47 Å². The van der Waals surface area contributed by atoms with Crippen LogP contribution >= 0.6 is 0 Å². The molecular weight excluding hydrogens is 168 g/mol. The number of ketones is 1. The number of ether oxygens (including phenoxy) is 2. The van der Waals surface area contributed by atoms with E-state index < -0.39 is 0 Å². The molecule has 0 aromatic carbocycles. The van der Waals surface area contributed by atoms with Crippen LogP contribution in [0.5, 0.6) is 0 Å². The van der Waals surface area contributed by atoms with E-state index in [0.717, 1.165) is 12.8 Å². The van der Waals surface area contributed by atoms with Crippen LogP contribution in [0.4, 0.5) is 0 Å². The van der Waals surface area contributed by atoms with E-state index >= 15 is 0 Å². The lowest BCUT2D eigenvalue weighted by molar-refractivity contribution is -0.145. The van der Waals surface area contributed by atoms with Crippen LogP contribution in [0.2, 0.25) is 0 Å². The zero-order valence-electron chi connectivity index (χ0n) is 7.83. The van der Waals surface area contributed by atoms with Gasteiger partial charge in [-0.3, -0.25) is 4.79 Å². The molecule has 1 aliphatic rings. The van der Waals surface area contributed by atoms with Gasteiger partial charge in [-0.15, -0.1) is 6.58 Å². The monoisotopic (exact) mass is 184 g/mol. The number of rotatable bonds is 5. The van der Waals surface area contributed by atoms with Gasteiger partial charge in [-0.05, 0) is 12.8 Å². The Kier molecular flexibility index (Phi) is 4.72. The summed E-state index contributed by atoms with van der Waals surface area (Å²) in [5.74, 6) is 0.154. The molecule has 0 radical (unpaired) electrons. The van der Waals surface area contributed by atoms with Crippen molar-refractivity contribution < 1.29 is 14.3 Å². The first-order valence-corrected chi connectivity index (χ1v) is 4.67. The molecule has 1 aliphatic heterocycles. The van der Waals surface area contributed by atoms with Crippen molar-refractivity contribution >= 4 is 5.78 Å². The van der Waals surface area contributed by atoms with Crippen molar-refractivity contribution in [1.29, 1.82) is 0 Å². The molecule has 0 bridgehead atoms. The van der Waals surface area contributed by atoms with Crippen molar-refractivity contribution in [2.24, 2.45) is 0 Å². The first-order valence-electron chi connectivity index (χ1n) is 4.67. The minimum atomic E-state index is -0.321. The topological polar surface area (TPSA) is 35.5 Å². The van der Waals surface area contributed by atoms with E-state index in [0.29, 0.717) is 26.2 Å². The molecular formula is C10H16O3. The Morgan fingerprint density at radius 3 is 3.00 bits per heavy atom. The summed E-state index contributed by atoms with van der Waals surface area (Å²) < 4.78 is 10.4. The van der Waals surface area contributed by atoms with Crippen molar-refractivity contribution in [1.82, 2.24) is 0 Å². The first kappa shape index (κ1) is 10.4. The summed E-state index contributed by atoms with van der Waals surface area (Å²) in [6.45, 7) is 5.17. The molecule has 3 nitrogen and oxygen atoms in total. The Hall–Kier alpha value is -0.670. The third-order valence-corrected chi connectivity index (χ3v) is 2.01. The summed E-state index contributed by atoms with van der Waals surface area (Å²) in [6, 6.07) is 0. The van der Waals surface area contributed by atoms with Gasteiger partial charge >= 0.3 is 0 Å². The van der Waals surface area contributed by atoms with Gasteiger partial charge in [0.15, 0.2) is 5.78 Å². The van der Waals surface area contributed by atoms with Crippen molar-refractivity contribution in [3.05, 3.63) is 12.7 Å². The van der Waals surface area contributed by atoms with Gasteiger partial charge in [0.2, 0.25) is 0 Å². The number of carbonyl (C=O) groups is 1. The van der Waals surface area contributed by atoms with Crippen LogP contribution in [-0.2, 0) is 14.3 Å². The van der Waals surface area contributed by atoms with E-state index in [2.05, 4.69) is 6.58 Å². The van der Waals surface area contributed by atoms with Gasteiger partial charge < -0.3 is 9.47 Å². The molecule has 1 fully saturated rings. The predicted molar refractivity (Wildman–Crippen MR) is 49.6 cm³/mol. The average Bonchev–Trinajstić information content (AvgIpc) is 2.19. The quantitative estimate of drug-likeness (QED) is 0.477. The van der Waals surface area contributed by atoms with Gasteiger partial charge in [-0.1, -0.05) is 6.08 Å². The van der Waals surface area contributed by atoms with Crippen LogP contribution in [0.3, 0.4) is 0 Å². The molecule has 1 saturated heterocycles. The van der Waals surface area contributed by atoms with Gasteiger partial charge in [0, 0.05) is 6.42 Å². The highest BCUT2D eigenvalue weighted by molar-refractivity contribution is 5.83. The third-order valence-electron chi connectivity index (χ3n) is 2.01. The van der Waals surface area contributed by atoms with E-state index in [1.54, 1.807) is 0 Å². The number of allylic oxidation sites excluding steroid dienone is 1. The summed E-state index contributed by atoms with van der Waals surface area (Å²) in [5.41, 5.74) is 0. The van der Waals surface area contributed by atoms with Gasteiger partial charge in [-0.2, -0.15) is 0 Å². The second-order valence-electron chi connectivity index (χ2n) is 3.08. The van der Waals surface area contributed by atoms with Crippen LogP contribution in [0.25, 0.3) is 0 Å². The summed E-state index contributed by atoms with van der Waals surface area (Å²) in [6.07, 6.45) is 3.83. The van der Waals surface area contributed by atoms with Crippen LogP contribution in [0.15, 0.2) is 12.7 Å². The van der Waals surface area contributed by atoms with E-state index in [1.807, 2.05) is 6.08 Å². The van der Waals surface area contributed by atoms with Crippen LogP contribution in [-0.4, -0.2) is 31.7 Å². The highest BCUT2D eigenvalue weighted by Gasteiger charge is 2.21. The lowest BCUT2D eigenvalue weighted by Gasteiger charge is -2.21. The van der Waals surface area contributed by atoms with E-state index in [1.165, 1.54) is 0 Å². The standard InChI is InChI=1S/C10H16O3/c1-2-3-4-5-9(11)10-8-12-6-7-13-10/h2,10H,1,3-8H2. The van der Waals surface area contributed by atoms with Crippen molar-refractivity contribution in [2.45, 2.75) is 25.4 Å². The fourth-order valence-corrected chi connectivity index (χ4v) is 1.26. The molecule has 1 heterocycles. The number of hydrogen-bond acceptors (Lipinski definition) is 3. The predicted octanol–water partition coefficient (Wildman–Crippen LogP) is 1.33. The largest absolute Gasteiger partial charge is 0.376 e. The van der Waals surface area contributed by atoms with Crippen LogP contribution in [0, 0.1) is 0 Å². The fourth-order valence-electron chi connectivity index (χ4n) is 1.26. The summed E-state index contributed by atoms with van der Waals surface area (Å²) in [5, 5.41) is 0. The highest BCUT2D eigenvalue weighted by atomic mass is 16.6. The van der Waals surface area contributed by atoms with Gasteiger partial charge in [0.25, 0.3) is 0 Å². The maximum Gasteiger partial charge on any atom is 0.163 e. The van der Waals surface area contributed by atoms with E-state index in [9.17, 15) is 4.79 Å². The molecule has 0 N–H and O–H groups in total. The Bertz CT molecular complexity index is 171. The minimum Gasteiger partial charge on any atom is -0.376 e. The molecule has 74 valence electrons. The Morgan fingerprint density at radius 1 is 1.54 bits per heavy atom. The molecule has 13 heavy (non-hydrogen) atoms. The molecule has 1 rings (SSSR count). The SMILES string of the molecule is C=CCCCC(=O)C1COCCO1. The first-order chi connectivity index (χ1) is 6.34. The molecule has 0 aromatic rings. The Morgan fingerprint density at radius 2 is 2.38 bits per heavy atom. The number of carbonyl (C=O) groups excluding carboxylic acids is 1. The maximum absolute atomic E-state index is 11.4.